The maximum atomic E-state index is 13.6. The first kappa shape index (κ1) is 23.8. The molecule has 1 aliphatic carbocycles. The van der Waals surface area contributed by atoms with Crippen molar-refractivity contribution < 1.29 is 29.1 Å². The zero-order chi connectivity index (χ0) is 24.4. The third-order valence-corrected chi connectivity index (χ3v) is 6.37. The molecule has 180 valence electrons. The summed E-state index contributed by atoms with van der Waals surface area (Å²) < 4.78 is 11.0. The summed E-state index contributed by atoms with van der Waals surface area (Å²) in [6.07, 6.45) is 1.47. The monoisotopic (exact) mass is 487 g/mol. The van der Waals surface area contributed by atoms with E-state index in [0.717, 1.165) is 12.8 Å². The number of amides is 3. The molecule has 3 N–H and O–H groups in total. The second-order valence-corrected chi connectivity index (χ2v) is 8.65. The van der Waals surface area contributed by atoms with Crippen molar-refractivity contribution in [3.63, 3.8) is 0 Å². The van der Waals surface area contributed by atoms with Gasteiger partial charge in [0, 0.05) is 23.0 Å². The molecule has 1 fully saturated rings. The number of hydroxylamine groups is 1. The summed E-state index contributed by atoms with van der Waals surface area (Å²) >= 11 is 6.43. The number of carbonyl (C=O) groups is 3. The molecule has 0 saturated heterocycles. The van der Waals surface area contributed by atoms with Gasteiger partial charge in [-0.15, -0.1) is 0 Å². The number of nitrogens with one attached hydrogen (secondary N) is 2. The van der Waals surface area contributed by atoms with Gasteiger partial charge < -0.3 is 19.7 Å². The lowest BCUT2D eigenvalue weighted by Gasteiger charge is -2.28. The Labute approximate surface area is 201 Å². The minimum absolute atomic E-state index is 0.0313. The van der Waals surface area contributed by atoms with Crippen LogP contribution in [0.3, 0.4) is 0 Å². The Kier molecular flexibility index (Phi) is 6.95. The lowest BCUT2D eigenvalue weighted by atomic mass is 10.0. The second-order valence-electron chi connectivity index (χ2n) is 8.24. The molecule has 0 radical (unpaired) electrons. The first-order valence-corrected chi connectivity index (χ1v) is 11.4. The van der Waals surface area contributed by atoms with E-state index >= 15 is 0 Å². The van der Waals surface area contributed by atoms with Crippen molar-refractivity contribution in [1.82, 2.24) is 10.4 Å². The molecule has 9 nitrogen and oxygen atoms in total. The van der Waals surface area contributed by atoms with Crippen LogP contribution in [0.15, 0.2) is 30.3 Å². The molecule has 1 heterocycles. The van der Waals surface area contributed by atoms with Crippen LogP contribution < -0.4 is 20.3 Å². The first-order valence-electron chi connectivity index (χ1n) is 11.0. The Morgan fingerprint density at radius 1 is 1.24 bits per heavy atom. The summed E-state index contributed by atoms with van der Waals surface area (Å²) in [6, 6.07) is 7.69. The molecule has 1 aliphatic heterocycles. The van der Waals surface area contributed by atoms with Crippen LogP contribution in [0.25, 0.3) is 0 Å². The van der Waals surface area contributed by atoms with Crippen LogP contribution in [0.5, 0.6) is 11.5 Å². The van der Waals surface area contributed by atoms with Gasteiger partial charge in [-0.1, -0.05) is 17.7 Å². The van der Waals surface area contributed by atoms with E-state index < -0.39 is 11.9 Å². The minimum Gasteiger partial charge on any atom is -0.493 e. The Balaban J connectivity index is 1.72. The Bertz CT molecular complexity index is 1130. The molecule has 1 atom stereocenters. The Morgan fingerprint density at radius 3 is 2.65 bits per heavy atom. The molecule has 0 spiro atoms. The van der Waals surface area contributed by atoms with Crippen LogP contribution in [0.2, 0.25) is 5.02 Å². The average Bonchev–Trinajstić information content (AvgIpc) is 3.63. The SMILES string of the molecule is CCOc1cc([C@@H](CC(=O)NO)N2Cc3c(Cl)ccc(NC(=O)C4CC4)c3C2=O)ccc1OC. The highest BCUT2D eigenvalue weighted by atomic mass is 35.5. The van der Waals surface area contributed by atoms with Crippen LogP contribution in [0.1, 0.15) is 53.7 Å². The van der Waals surface area contributed by atoms with Gasteiger partial charge in [-0.3, -0.25) is 19.6 Å². The molecule has 4 rings (SSSR count). The number of halogens is 1. The fourth-order valence-electron chi connectivity index (χ4n) is 4.14. The largest absolute Gasteiger partial charge is 0.493 e. The van der Waals surface area contributed by atoms with Gasteiger partial charge in [0.2, 0.25) is 11.8 Å². The van der Waals surface area contributed by atoms with Crippen LogP contribution in [0, 0.1) is 5.92 Å². The lowest BCUT2D eigenvalue weighted by molar-refractivity contribution is -0.130. The first-order chi connectivity index (χ1) is 16.4. The van der Waals surface area contributed by atoms with E-state index in [0.29, 0.717) is 45.5 Å². The van der Waals surface area contributed by atoms with E-state index in [9.17, 15) is 14.4 Å². The number of benzene rings is 2. The van der Waals surface area contributed by atoms with Crippen LogP contribution in [0.4, 0.5) is 5.69 Å². The van der Waals surface area contributed by atoms with E-state index in [-0.39, 0.29) is 30.7 Å². The van der Waals surface area contributed by atoms with Crippen LogP contribution >= 0.6 is 11.6 Å². The molecule has 10 heteroatoms. The molecule has 0 bridgehead atoms. The standard InChI is InChI=1S/C24H26ClN3O6/c1-3-34-20-10-14(6-9-19(20)33-2)18(11-21(29)27-32)28-12-15-16(25)7-8-17(22(15)24(28)31)26-23(30)13-4-5-13/h6-10,13,18,32H,3-5,11-12H2,1-2H3,(H,26,30)(H,27,29)/t18-/m1/s1. The summed E-state index contributed by atoms with van der Waals surface area (Å²) in [7, 11) is 1.52. The number of methoxy groups -OCH3 is 1. The molecule has 34 heavy (non-hydrogen) atoms. The molecule has 2 aliphatic rings. The van der Waals surface area contributed by atoms with E-state index in [4.69, 9.17) is 26.3 Å². The van der Waals surface area contributed by atoms with Crippen molar-refractivity contribution in [2.45, 2.75) is 38.8 Å². The topological polar surface area (TPSA) is 117 Å². The van der Waals surface area contributed by atoms with Gasteiger partial charge in [0.25, 0.3) is 5.91 Å². The van der Waals surface area contributed by atoms with Gasteiger partial charge in [-0.25, -0.2) is 5.48 Å². The van der Waals surface area contributed by atoms with Crippen LogP contribution in [-0.4, -0.2) is 41.5 Å². The van der Waals surface area contributed by atoms with E-state index in [1.165, 1.54) is 12.0 Å². The molecule has 3 amide bonds. The average molecular weight is 488 g/mol. The zero-order valence-corrected chi connectivity index (χ0v) is 19.6. The Hall–Kier alpha value is -3.30. The van der Waals surface area contributed by atoms with Crippen molar-refractivity contribution in [2.75, 3.05) is 19.0 Å². The summed E-state index contributed by atoms with van der Waals surface area (Å²) in [4.78, 5) is 39.7. The third kappa shape index (κ3) is 4.67. The highest BCUT2D eigenvalue weighted by Gasteiger charge is 2.39. The summed E-state index contributed by atoms with van der Waals surface area (Å²) in [5.41, 5.74) is 3.55. The number of hydrogen-bond acceptors (Lipinski definition) is 6. The van der Waals surface area contributed by atoms with E-state index in [1.54, 1.807) is 35.8 Å². The van der Waals surface area contributed by atoms with Gasteiger partial charge in [0.05, 0.1) is 37.4 Å². The quantitative estimate of drug-likeness (QED) is 0.367. The maximum Gasteiger partial charge on any atom is 0.257 e. The molecular weight excluding hydrogens is 462 g/mol. The molecule has 0 unspecified atom stereocenters. The highest BCUT2D eigenvalue weighted by Crippen LogP contribution is 2.42. The van der Waals surface area contributed by atoms with Gasteiger partial charge in [-0.2, -0.15) is 0 Å². The number of fused-ring (bicyclic) bond motifs is 1. The lowest BCUT2D eigenvalue weighted by Crippen LogP contribution is -2.33. The van der Waals surface area contributed by atoms with Crippen molar-refractivity contribution >= 4 is 35.0 Å². The Morgan fingerprint density at radius 2 is 2.00 bits per heavy atom. The van der Waals surface area contributed by atoms with Crippen molar-refractivity contribution in [1.29, 1.82) is 0 Å². The van der Waals surface area contributed by atoms with Gasteiger partial charge in [0.15, 0.2) is 11.5 Å². The molecule has 1 saturated carbocycles. The summed E-state index contributed by atoms with van der Waals surface area (Å²) in [6.45, 7) is 2.37. The fraction of sp³-hybridized carbons (Fsp3) is 0.375. The smallest absolute Gasteiger partial charge is 0.257 e. The van der Waals surface area contributed by atoms with Gasteiger partial charge in [-0.05, 0) is 49.6 Å². The fourth-order valence-corrected chi connectivity index (χ4v) is 4.36. The number of hydrogen-bond donors (Lipinski definition) is 3. The summed E-state index contributed by atoms with van der Waals surface area (Å²) in [5, 5.41) is 12.4. The predicted octanol–water partition coefficient (Wildman–Crippen LogP) is 3.69. The molecular formula is C24H26ClN3O6. The zero-order valence-electron chi connectivity index (χ0n) is 18.9. The molecule has 2 aromatic rings. The van der Waals surface area contributed by atoms with Crippen molar-refractivity contribution in [3.05, 3.63) is 52.0 Å². The summed E-state index contributed by atoms with van der Waals surface area (Å²) in [5.74, 6) is -0.194. The number of ether oxygens (including phenoxy) is 2. The van der Waals surface area contributed by atoms with Crippen molar-refractivity contribution in [2.24, 2.45) is 5.92 Å². The van der Waals surface area contributed by atoms with E-state index in [1.807, 2.05) is 6.92 Å². The maximum absolute atomic E-state index is 13.6. The normalized spacial score (nSPS) is 15.5. The minimum atomic E-state index is -0.736. The third-order valence-electron chi connectivity index (χ3n) is 6.02. The number of nitrogens with zero attached hydrogens (tertiary/aromatic N) is 1. The number of rotatable bonds is 9. The van der Waals surface area contributed by atoms with Crippen molar-refractivity contribution in [3.8, 4) is 11.5 Å². The second kappa shape index (κ2) is 9.90. The van der Waals surface area contributed by atoms with Gasteiger partial charge >= 0.3 is 0 Å². The molecule has 0 aromatic heterocycles. The van der Waals surface area contributed by atoms with Gasteiger partial charge in [0.1, 0.15) is 0 Å². The van der Waals surface area contributed by atoms with E-state index in [2.05, 4.69) is 5.32 Å². The number of anilines is 1. The highest BCUT2D eigenvalue weighted by molar-refractivity contribution is 6.32. The number of carbonyl (C=O) groups excluding carboxylic acids is 3. The molecule has 2 aromatic carbocycles. The predicted molar refractivity (Wildman–Crippen MR) is 124 cm³/mol. The van der Waals surface area contributed by atoms with Crippen LogP contribution in [-0.2, 0) is 16.1 Å².